The van der Waals surface area contributed by atoms with Gasteiger partial charge < -0.3 is 9.29 Å². The minimum absolute atomic E-state index is 0.230. The maximum atomic E-state index is 12.2. The molecule has 1 amide bonds. The lowest BCUT2D eigenvalue weighted by Gasteiger charge is -2.15. The van der Waals surface area contributed by atoms with Crippen molar-refractivity contribution >= 4 is 50.4 Å². The standard InChI is InChI=1S/C13H13NO5S3/c1-19-10-4-2-3-9(7-10)8-11-12(15)14(13(20)21-11)5-6-22(16,17)18/h2-4,7-8H,5-6H2,1H3,(H,16,17,18)/p-1/b11-8-. The van der Waals surface area contributed by atoms with Gasteiger partial charge in [-0.1, -0.05) is 36.1 Å². The van der Waals surface area contributed by atoms with Crippen LogP contribution in [0.5, 0.6) is 5.75 Å². The molecule has 1 heterocycles. The summed E-state index contributed by atoms with van der Waals surface area (Å²) >= 11 is 6.13. The molecule has 1 aliphatic rings. The molecule has 22 heavy (non-hydrogen) atoms. The molecular formula is C13H12NO5S3-. The van der Waals surface area contributed by atoms with Crippen LogP contribution in [-0.2, 0) is 14.9 Å². The van der Waals surface area contributed by atoms with Crippen LogP contribution in [0.2, 0.25) is 0 Å². The monoisotopic (exact) mass is 358 g/mol. The number of benzene rings is 1. The Labute approximate surface area is 137 Å². The molecule has 1 saturated heterocycles. The van der Waals surface area contributed by atoms with Crippen LogP contribution in [-0.4, -0.2) is 47.5 Å². The smallest absolute Gasteiger partial charge is 0.266 e. The molecule has 0 unspecified atom stereocenters. The lowest BCUT2D eigenvalue weighted by Crippen LogP contribution is -2.32. The van der Waals surface area contributed by atoms with Crippen LogP contribution in [0.1, 0.15) is 5.56 Å². The van der Waals surface area contributed by atoms with Crippen molar-refractivity contribution in [2.24, 2.45) is 0 Å². The van der Waals surface area contributed by atoms with E-state index in [1.807, 2.05) is 0 Å². The van der Waals surface area contributed by atoms with Crippen molar-refractivity contribution in [3.63, 3.8) is 0 Å². The van der Waals surface area contributed by atoms with Gasteiger partial charge in [0.25, 0.3) is 5.91 Å². The lowest BCUT2D eigenvalue weighted by molar-refractivity contribution is -0.121. The van der Waals surface area contributed by atoms with Gasteiger partial charge in [0.15, 0.2) is 0 Å². The maximum absolute atomic E-state index is 12.2. The van der Waals surface area contributed by atoms with E-state index in [4.69, 9.17) is 17.0 Å². The Balaban J connectivity index is 2.18. The van der Waals surface area contributed by atoms with E-state index in [2.05, 4.69) is 0 Å². The number of nitrogens with zero attached hydrogens (tertiary/aromatic N) is 1. The molecule has 0 aromatic heterocycles. The van der Waals surface area contributed by atoms with E-state index in [0.717, 1.165) is 22.2 Å². The zero-order chi connectivity index (χ0) is 16.3. The van der Waals surface area contributed by atoms with E-state index in [1.165, 1.54) is 0 Å². The molecule has 0 saturated carbocycles. The van der Waals surface area contributed by atoms with E-state index in [-0.39, 0.29) is 10.9 Å². The first-order chi connectivity index (χ1) is 10.3. The Hall–Kier alpha value is -1.42. The fraction of sp³-hybridized carbons (Fsp3) is 0.231. The van der Waals surface area contributed by atoms with Crippen LogP contribution in [0.15, 0.2) is 29.2 Å². The second-order valence-corrected chi connectivity index (χ2v) is 7.57. The molecule has 118 valence electrons. The highest BCUT2D eigenvalue weighted by molar-refractivity contribution is 8.26. The highest BCUT2D eigenvalue weighted by atomic mass is 32.2. The van der Waals surface area contributed by atoms with Gasteiger partial charge in [0.05, 0.1) is 27.9 Å². The summed E-state index contributed by atoms with van der Waals surface area (Å²) in [5.41, 5.74) is 0.760. The van der Waals surface area contributed by atoms with Gasteiger partial charge in [-0.2, -0.15) is 0 Å². The van der Waals surface area contributed by atoms with Crippen LogP contribution >= 0.6 is 24.0 Å². The van der Waals surface area contributed by atoms with E-state index >= 15 is 0 Å². The first-order valence-corrected chi connectivity index (χ1v) is 8.93. The molecule has 0 N–H and O–H groups in total. The third kappa shape index (κ3) is 4.29. The Bertz CT molecular complexity index is 742. The molecule has 1 aromatic rings. The maximum Gasteiger partial charge on any atom is 0.266 e. The number of thioether (sulfide) groups is 1. The van der Waals surface area contributed by atoms with Crippen molar-refractivity contribution in [1.29, 1.82) is 0 Å². The molecule has 0 aliphatic carbocycles. The van der Waals surface area contributed by atoms with Crippen LogP contribution in [0.3, 0.4) is 0 Å². The van der Waals surface area contributed by atoms with Gasteiger partial charge in [-0.05, 0) is 23.8 Å². The summed E-state index contributed by atoms with van der Waals surface area (Å²) < 4.78 is 37.4. The molecule has 0 bridgehead atoms. The van der Waals surface area contributed by atoms with Gasteiger partial charge in [0, 0.05) is 6.54 Å². The van der Waals surface area contributed by atoms with Gasteiger partial charge in [-0.3, -0.25) is 9.69 Å². The average molecular weight is 358 g/mol. The fourth-order valence-electron chi connectivity index (χ4n) is 1.78. The van der Waals surface area contributed by atoms with Gasteiger partial charge in [0.2, 0.25) is 0 Å². The largest absolute Gasteiger partial charge is 0.748 e. The molecule has 2 rings (SSSR count). The minimum Gasteiger partial charge on any atom is -0.748 e. The summed E-state index contributed by atoms with van der Waals surface area (Å²) in [6.07, 6.45) is 1.65. The van der Waals surface area contributed by atoms with E-state index < -0.39 is 21.8 Å². The first-order valence-electron chi connectivity index (χ1n) is 6.13. The Morgan fingerprint density at radius 1 is 1.45 bits per heavy atom. The Morgan fingerprint density at radius 2 is 2.18 bits per heavy atom. The summed E-state index contributed by atoms with van der Waals surface area (Å²) in [4.78, 5) is 13.7. The summed E-state index contributed by atoms with van der Waals surface area (Å²) in [6.45, 7) is -0.230. The van der Waals surface area contributed by atoms with Crippen molar-refractivity contribution in [3.8, 4) is 5.75 Å². The Kier molecular flexibility index (Phi) is 5.22. The average Bonchev–Trinajstić information content (AvgIpc) is 2.70. The number of hydrogen-bond acceptors (Lipinski definition) is 7. The van der Waals surface area contributed by atoms with Crippen molar-refractivity contribution < 1.29 is 22.5 Å². The predicted molar refractivity (Wildman–Crippen MR) is 87.4 cm³/mol. The minimum atomic E-state index is -4.39. The second kappa shape index (κ2) is 6.78. The predicted octanol–water partition coefficient (Wildman–Crippen LogP) is 1.44. The van der Waals surface area contributed by atoms with Gasteiger partial charge in [-0.15, -0.1) is 0 Å². The van der Waals surface area contributed by atoms with E-state index in [9.17, 15) is 17.8 Å². The molecular weight excluding hydrogens is 346 g/mol. The van der Waals surface area contributed by atoms with Crippen LogP contribution in [0.25, 0.3) is 6.08 Å². The van der Waals surface area contributed by atoms with E-state index in [1.54, 1.807) is 37.5 Å². The number of methoxy groups -OCH3 is 1. The zero-order valence-electron chi connectivity index (χ0n) is 11.5. The van der Waals surface area contributed by atoms with Crippen LogP contribution in [0.4, 0.5) is 0 Å². The third-order valence-corrected chi connectivity index (χ3v) is 4.89. The number of amides is 1. The summed E-state index contributed by atoms with van der Waals surface area (Å²) in [6, 6.07) is 7.13. The summed E-state index contributed by atoms with van der Waals surface area (Å²) in [5.74, 6) is -0.408. The SMILES string of the molecule is COc1cccc(/C=C2\SC(=S)N(CCS(=O)(=O)[O-])C2=O)c1. The number of hydrogen-bond donors (Lipinski definition) is 0. The highest BCUT2D eigenvalue weighted by Gasteiger charge is 2.31. The molecule has 1 fully saturated rings. The van der Waals surface area contributed by atoms with Gasteiger partial charge >= 0.3 is 0 Å². The Morgan fingerprint density at radius 3 is 2.82 bits per heavy atom. The molecule has 1 aromatic carbocycles. The van der Waals surface area contributed by atoms with Gasteiger partial charge in [0.1, 0.15) is 10.1 Å². The molecule has 6 nitrogen and oxygen atoms in total. The molecule has 9 heteroatoms. The van der Waals surface area contributed by atoms with Gasteiger partial charge in [-0.25, -0.2) is 8.42 Å². The fourth-order valence-corrected chi connectivity index (χ4v) is 3.49. The van der Waals surface area contributed by atoms with Crippen molar-refractivity contribution in [1.82, 2.24) is 4.90 Å². The zero-order valence-corrected chi connectivity index (χ0v) is 14.0. The summed E-state index contributed by atoms with van der Waals surface area (Å²) in [5, 5.41) is 0. The number of thiocarbonyl (C=S) groups is 1. The number of carbonyl (C=O) groups is 1. The quantitative estimate of drug-likeness (QED) is 0.447. The molecule has 0 atom stereocenters. The van der Waals surface area contributed by atoms with E-state index in [0.29, 0.717) is 10.7 Å². The molecule has 1 aliphatic heterocycles. The topological polar surface area (TPSA) is 86.7 Å². The third-order valence-electron chi connectivity index (χ3n) is 2.83. The first kappa shape index (κ1) is 16.9. The van der Waals surface area contributed by atoms with Crippen molar-refractivity contribution in [2.75, 3.05) is 19.4 Å². The van der Waals surface area contributed by atoms with Crippen molar-refractivity contribution in [3.05, 3.63) is 34.7 Å². The second-order valence-electron chi connectivity index (χ2n) is 4.37. The summed E-state index contributed by atoms with van der Waals surface area (Å²) in [7, 11) is -2.85. The lowest BCUT2D eigenvalue weighted by atomic mass is 10.2. The number of carbonyl (C=O) groups excluding carboxylic acids is 1. The molecule has 0 radical (unpaired) electrons. The number of rotatable bonds is 5. The van der Waals surface area contributed by atoms with Crippen LogP contribution in [0, 0.1) is 0 Å². The molecule has 0 spiro atoms. The van der Waals surface area contributed by atoms with Crippen LogP contribution < -0.4 is 4.74 Å². The van der Waals surface area contributed by atoms with Crippen molar-refractivity contribution in [2.45, 2.75) is 0 Å². The normalized spacial score (nSPS) is 17.4. The number of ether oxygens (including phenoxy) is 1. The highest BCUT2D eigenvalue weighted by Crippen LogP contribution is 2.32.